The van der Waals surface area contributed by atoms with Crippen molar-refractivity contribution in [2.75, 3.05) is 13.7 Å². The second-order valence-electron chi connectivity index (χ2n) is 4.66. The predicted molar refractivity (Wildman–Crippen MR) is 53.6 cm³/mol. The molecule has 0 aromatic carbocycles. The van der Waals surface area contributed by atoms with Crippen molar-refractivity contribution in [2.45, 2.75) is 40.2 Å². The minimum Gasteiger partial charge on any atom is -0.383 e. The van der Waals surface area contributed by atoms with Crippen molar-refractivity contribution >= 4 is 5.91 Å². The molecule has 0 bridgehead atoms. The van der Waals surface area contributed by atoms with Gasteiger partial charge >= 0.3 is 0 Å². The number of nitrogens with one attached hydrogen (secondary N) is 1. The van der Waals surface area contributed by atoms with Crippen LogP contribution in [0.4, 0.5) is 0 Å². The molecule has 0 saturated heterocycles. The topological polar surface area (TPSA) is 38.3 Å². The quantitative estimate of drug-likeness (QED) is 0.725. The van der Waals surface area contributed by atoms with E-state index in [-0.39, 0.29) is 17.4 Å². The molecule has 13 heavy (non-hydrogen) atoms. The minimum atomic E-state index is 0.0525. The van der Waals surface area contributed by atoms with E-state index in [1.165, 1.54) is 0 Å². The Hall–Kier alpha value is -0.570. The molecule has 78 valence electrons. The molecule has 0 aliphatic rings. The highest BCUT2D eigenvalue weighted by molar-refractivity contribution is 5.76. The number of ether oxygens (including phenoxy) is 1. The number of hydrogen-bond donors (Lipinski definition) is 1. The molecule has 0 spiro atoms. The van der Waals surface area contributed by atoms with Crippen LogP contribution < -0.4 is 5.32 Å². The number of hydrogen-bond acceptors (Lipinski definition) is 2. The Labute approximate surface area is 80.8 Å². The average Bonchev–Trinajstić information content (AvgIpc) is 1.81. The summed E-state index contributed by atoms with van der Waals surface area (Å²) in [5.74, 6) is 0.0945. The average molecular weight is 187 g/mol. The maximum Gasteiger partial charge on any atom is 0.220 e. The van der Waals surface area contributed by atoms with Crippen molar-refractivity contribution in [2.24, 2.45) is 5.41 Å². The van der Waals surface area contributed by atoms with Gasteiger partial charge in [0.2, 0.25) is 5.91 Å². The Kier molecular flexibility index (Phi) is 4.99. The highest BCUT2D eigenvalue weighted by Gasteiger charge is 2.16. The molecule has 3 nitrogen and oxygen atoms in total. The van der Waals surface area contributed by atoms with Crippen molar-refractivity contribution in [1.82, 2.24) is 5.32 Å². The first kappa shape index (κ1) is 12.4. The van der Waals surface area contributed by atoms with Crippen LogP contribution >= 0.6 is 0 Å². The lowest BCUT2D eigenvalue weighted by Gasteiger charge is -2.19. The molecule has 0 aromatic heterocycles. The van der Waals surface area contributed by atoms with Gasteiger partial charge in [-0.2, -0.15) is 0 Å². The van der Waals surface area contributed by atoms with Crippen molar-refractivity contribution in [3.63, 3.8) is 0 Å². The van der Waals surface area contributed by atoms with Gasteiger partial charge in [-0.25, -0.2) is 0 Å². The summed E-state index contributed by atoms with van der Waals surface area (Å²) < 4.78 is 4.92. The molecule has 0 aromatic rings. The Balaban J connectivity index is 3.74. The fraction of sp³-hybridized carbons (Fsp3) is 0.900. The largest absolute Gasteiger partial charge is 0.383 e. The molecule has 0 radical (unpaired) electrons. The van der Waals surface area contributed by atoms with Crippen LogP contribution in [0.25, 0.3) is 0 Å². The van der Waals surface area contributed by atoms with Gasteiger partial charge < -0.3 is 10.1 Å². The highest BCUT2D eigenvalue weighted by Crippen LogP contribution is 2.17. The first-order valence-corrected chi connectivity index (χ1v) is 4.63. The molecule has 3 heteroatoms. The van der Waals surface area contributed by atoms with E-state index < -0.39 is 0 Å². The fourth-order valence-corrected chi connectivity index (χ4v) is 1.10. The highest BCUT2D eigenvalue weighted by atomic mass is 16.5. The van der Waals surface area contributed by atoms with Crippen molar-refractivity contribution < 1.29 is 9.53 Å². The Bertz CT molecular complexity index is 161. The van der Waals surface area contributed by atoms with E-state index in [9.17, 15) is 4.79 Å². The molecule has 1 atom stereocenters. The Morgan fingerprint density at radius 1 is 1.46 bits per heavy atom. The van der Waals surface area contributed by atoms with Crippen LogP contribution in [-0.2, 0) is 9.53 Å². The smallest absolute Gasteiger partial charge is 0.220 e. The van der Waals surface area contributed by atoms with E-state index in [1.54, 1.807) is 7.11 Å². The van der Waals surface area contributed by atoms with E-state index in [0.717, 1.165) is 0 Å². The van der Waals surface area contributed by atoms with Crippen molar-refractivity contribution in [1.29, 1.82) is 0 Å². The minimum absolute atomic E-state index is 0.0525. The predicted octanol–water partition coefficient (Wildman–Crippen LogP) is 1.57. The summed E-state index contributed by atoms with van der Waals surface area (Å²) in [4.78, 5) is 11.4. The van der Waals surface area contributed by atoms with Crippen LogP contribution in [0.3, 0.4) is 0 Å². The lowest BCUT2D eigenvalue weighted by Crippen LogP contribution is -2.37. The molecule has 0 fully saturated rings. The van der Waals surface area contributed by atoms with Gasteiger partial charge in [0.15, 0.2) is 0 Å². The zero-order valence-corrected chi connectivity index (χ0v) is 9.31. The van der Waals surface area contributed by atoms with Crippen LogP contribution in [0.1, 0.15) is 34.1 Å². The van der Waals surface area contributed by atoms with Crippen molar-refractivity contribution in [3.8, 4) is 0 Å². The molecule has 0 heterocycles. The zero-order valence-electron chi connectivity index (χ0n) is 9.31. The molecule has 1 amide bonds. The van der Waals surface area contributed by atoms with E-state index in [0.29, 0.717) is 13.0 Å². The maximum absolute atomic E-state index is 11.4. The van der Waals surface area contributed by atoms with Gasteiger partial charge in [-0.3, -0.25) is 4.79 Å². The molecular weight excluding hydrogens is 166 g/mol. The van der Waals surface area contributed by atoms with E-state index in [4.69, 9.17) is 4.74 Å². The molecular formula is C10H21NO2. The number of carbonyl (C=O) groups excluding carboxylic acids is 1. The summed E-state index contributed by atoms with van der Waals surface area (Å²) in [7, 11) is 1.63. The molecule has 0 rings (SSSR count). The fourth-order valence-electron chi connectivity index (χ4n) is 1.10. The third-order valence-corrected chi connectivity index (χ3v) is 1.51. The third kappa shape index (κ3) is 7.78. The summed E-state index contributed by atoms with van der Waals surface area (Å²) >= 11 is 0. The van der Waals surface area contributed by atoms with Gasteiger partial charge in [-0.1, -0.05) is 20.8 Å². The van der Waals surface area contributed by atoms with Crippen LogP contribution in [0, 0.1) is 5.41 Å². The van der Waals surface area contributed by atoms with Gasteiger partial charge in [-0.15, -0.1) is 0 Å². The van der Waals surface area contributed by atoms with Crippen LogP contribution in [0.2, 0.25) is 0 Å². The van der Waals surface area contributed by atoms with Gasteiger partial charge in [0.25, 0.3) is 0 Å². The lowest BCUT2D eigenvalue weighted by molar-refractivity contribution is -0.123. The standard InChI is InChI=1S/C10H21NO2/c1-8(7-13-5)11-9(12)6-10(2,3)4/h8H,6-7H2,1-5H3,(H,11,12). The summed E-state index contributed by atoms with van der Waals surface area (Å²) in [6, 6.07) is 0.0971. The zero-order chi connectivity index (χ0) is 10.5. The first-order valence-electron chi connectivity index (χ1n) is 4.63. The van der Waals surface area contributed by atoms with Gasteiger partial charge in [0.1, 0.15) is 0 Å². The van der Waals surface area contributed by atoms with Crippen LogP contribution in [0.15, 0.2) is 0 Å². The monoisotopic (exact) mass is 187 g/mol. The summed E-state index contributed by atoms with van der Waals surface area (Å²) in [5.41, 5.74) is 0.0525. The van der Waals surface area contributed by atoms with E-state index in [1.807, 2.05) is 27.7 Å². The Morgan fingerprint density at radius 2 is 2.00 bits per heavy atom. The molecule has 1 unspecified atom stereocenters. The SMILES string of the molecule is COCC(C)NC(=O)CC(C)(C)C. The molecule has 0 saturated carbocycles. The number of carbonyl (C=O) groups is 1. The molecule has 0 aliphatic heterocycles. The first-order chi connectivity index (χ1) is 5.85. The number of rotatable bonds is 4. The van der Waals surface area contributed by atoms with E-state index in [2.05, 4.69) is 5.32 Å². The normalized spacial score (nSPS) is 13.9. The van der Waals surface area contributed by atoms with Gasteiger partial charge in [0.05, 0.1) is 6.61 Å². The van der Waals surface area contributed by atoms with Crippen LogP contribution in [0.5, 0.6) is 0 Å². The van der Waals surface area contributed by atoms with Crippen molar-refractivity contribution in [3.05, 3.63) is 0 Å². The molecule has 0 aliphatic carbocycles. The Morgan fingerprint density at radius 3 is 2.38 bits per heavy atom. The lowest BCUT2D eigenvalue weighted by atomic mass is 9.92. The summed E-state index contributed by atoms with van der Waals surface area (Å²) in [6.45, 7) is 8.65. The summed E-state index contributed by atoms with van der Waals surface area (Å²) in [6.07, 6.45) is 0.557. The second-order valence-corrected chi connectivity index (χ2v) is 4.66. The second kappa shape index (κ2) is 5.22. The van der Waals surface area contributed by atoms with Gasteiger partial charge in [0, 0.05) is 19.6 Å². The summed E-state index contributed by atoms with van der Waals surface area (Å²) in [5, 5.41) is 2.87. The van der Waals surface area contributed by atoms with Gasteiger partial charge in [-0.05, 0) is 12.3 Å². The van der Waals surface area contributed by atoms with E-state index >= 15 is 0 Å². The number of methoxy groups -OCH3 is 1. The number of amides is 1. The maximum atomic E-state index is 11.4. The van der Waals surface area contributed by atoms with Crippen LogP contribution in [-0.4, -0.2) is 25.7 Å². The third-order valence-electron chi connectivity index (χ3n) is 1.51. The molecule has 1 N–H and O–H groups in total.